The highest BCUT2D eigenvalue weighted by Gasteiger charge is 2.61. The summed E-state index contributed by atoms with van der Waals surface area (Å²) < 4.78 is 40.6. The first-order chi connectivity index (χ1) is 27.1. The van der Waals surface area contributed by atoms with E-state index in [-0.39, 0.29) is 35.6 Å². The van der Waals surface area contributed by atoms with E-state index in [4.69, 9.17) is 19.4 Å². The number of alkyl carbamates (subject to hydrolysis) is 1. The van der Waals surface area contributed by atoms with E-state index in [0.717, 1.165) is 48.3 Å². The number of aromatic nitrogens is 2. The predicted molar refractivity (Wildman–Crippen MR) is 209 cm³/mol. The molecule has 3 N–H and O–H groups in total. The van der Waals surface area contributed by atoms with Gasteiger partial charge < -0.3 is 25.0 Å². The fraction of sp³-hybridized carbons (Fsp3) is 0.436. The number of carbonyl (C=O) groups excluding carboxylic acids is 4. The van der Waals surface area contributed by atoms with Crippen molar-refractivity contribution in [1.82, 2.24) is 30.2 Å². The zero-order valence-electron chi connectivity index (χ0n) is 30.4. The number of benzene rings is 1. The van der Waals surface area contributed by atoms with E-state index in [2.05, 4.69) is 15.4 Å². The summed E-state index contributed by atoms with van der Waals surface area (Å²) in [6.45, 7) is -0.0273. The van der Waals surface area contributed by atoms with Crippen molar-refractivity contribution in [3.63, 3.8) is 0 Å². The summed E-state index contributed by atoms with van der Waals surface area (Å²) in [5.74, 6) is -2.20. The number of thiophene rings is 2. The Morgan fingerprint density at radius 2 is 1.70 bits per heavy atom. The summed E-state index contributed by atoms with van der Waals surface area (Å²) in [7, 11) is -4.20. The number of allylic oxidation sites excluding steroid dienone is 1. The number of nitrogens with one attached hydrogen (secondary N) is 3. The molecule has 4 amide bonds. The lowest BCUT2D eigenvalue weighted by molar-refractivity contribution is -0.141. The number of ether oxygens (including phenoxy) is 2. The fourth-order valence-corrected chi connectivity index (χ4v) is 10.2. The second-order valence-corrected chi connectivity index (χ2v) is 18.5. The molecule has 0 radical (unpaired) electrons. The van der Waals surface area contributed by atoms with E-state index in [1.807, 2.05) is 53.9 Å². The van der Waals surface area contributed by atoms with Gasteiger partial charge in [-0.15, -0.1) is 22.7 Å². The summed E-state index contributed by atoms with van der Waals surface area (Å²) in [6.07, 6.45) is 8.09. The van der Waals surface area contributed by atoms with E-state index < -0.39 is 63.5 Å². The van der Waals surface area contributed by atoms with Gasteiger partial charge in [0.2, 0.25) is 17.7 Å². The number of amides is 4. The monoisotopic (exact) mass is 818 g/mol. The first kappa shape index (κ1) is 38.0. The standard InChI is InChI=1S/C39H42N6O8S3/c46-34-30-21-26(52-35-33(31-17-9-19-54-31)40-27-14-6-7-15-28(27)41-35)23-45(30)36(47)29(42-38(49)53-25-12-8-13-25)16-5-3-1-2-4-11-24-22-39(24,43-34)37(48)44-56(50,51)32-18-10-20-55-32/h4,6-7,9-11,14-15,17-20,24-26,29-30H,1-3,5,8,12-13,16,21-23H2,(H,42,49)(H,43,46)(H,44,48)/b11-4-/t24?,26-,29+,30+,39-/m1/s1. The highest BCUT2D eigenvalue weighted by Crippen LogP contribution is 2.46. The van der Waals surface area contributed by atoms with Crippen LogP contribution in [0.15, 0.2) is 75.7 Å². The first-order valence-corrected chi connectivity index (χ1v) is 22.2. The lowest BCUT2D eigenvalue weighted by atomic mass is 9.96. The van der Waals surface area contributed by atoms with E-state index in [1.54, 1.807) is 11.4 Å². The van der Waals surface area contributed by atoms with Crippen molar-refractivity contribution >= 4 is 67.5 Å². The third kappa shape index (κ3) is 8.02. The SMILES string of the molecule is O=C(N[C@H]1CCCCC/C=C\C2C[C@@]2(C(=O)NS(=O)(=O)c2cccs2)NC(=O)[C@@H]2C[C@@H](Oc3nc4ccccc4nc3-c3cccs3)CN2C1=O)OC1CCC1. The summed E-state index contributed by atoms with van der Waals surface area (Å²) in [4.78, 5) is 67.9. The van der Waals surface area contributed by atoms with Crippen LogP contribution >= 0.6 is 22.7 Å². The Kier molecular flexibility index (Phi) is 10.8. The first-order valence-electron chi connectivity index (χ1n) is 18.9. The van der Waals surface area contributed by atoms with Crippen LogP contribution in [-0.4, -0.2) is 83.5 Å². The molecule has 5 heterocycles. The Morgan fingerprint density at radius 3 is 2.43 bits per heavy atom. The average Bonchev–Trinajstić information content (AvgIpc) is 3.70. The Hall–Kier alpha value is -4.87. The molecular formula is C39H42N6O8S3. The number of fused-ring (bicyclic) bond motifs is 3. The van der Waals surface area contributed by atoms with E-state index in [1.165, 1.54) is 22.3 Å². The van der Waals surface area contributed by atoms with Crippen LogP contribution in [0, 0.1) is 5.92 Å². The average molecular weight is 819 g/mol. The topological polar surface area (TPSA) is 186 Å². The molecule has 14 nitrogen and oxygen atoms in total. The normalized spacial score (nSPS) is 26.4. The van der Waals surface area contributed by atoms with Gasteiger partial charge in [0.25, 0.3) is 15.9 Å². The van der Waals surface area contributed by atoms with Crippen molar-refractivity contribution in [1.29, 1.82) is 0 Å². The molecule has 2 saturated carbocycles. The van der Waals surface area contributed by atoms with Crippen LogP contribution in [-0.2, 0) is 29.1 Å². The summed E-state index contributed by atoms with van der Waals surface area (Å²) in [5.41, 5.74) is 0.244. The molecule has 0 spiro atoms. The molecule has 5 atom stereocenters. The Bertz CT molecular complexity index is 2240. The maximum Gasteiger partial charge on any atom is 0.408 e. The molecule has 4 aromatic rings. The predicted octanol–water partition coefficient (Wildman–Crippen LogP) is 5.32. The maximum absolute atomic E-state index is 14.6. The van der Waals surface area contributed by atoms with Gasteiger partial charge in [0, 0.05) is 12.3 Å². The highest BCUT2D eigenvalue weighted by molar-refractivity contribution is 7.92. The molecule has 3 aromatic heterocycles. The molecule has 2 aliphatic heterocycles. The van der Waals surface area contributed by atoms with Gasteiger partial charge in [-0.1, -0.05) is 49.3 Å². The number of hydrogen-bond donors (Lipinski definition) is 3. The third-order valence-corrected chi connectivity index (χ3v) is 14.4. The van der Waals surface area contributed by atoms with E-state index in [0.29, 0.717) is 36.0 Å². The second kappa shape index (κ2) is 15.9. The minimum Gasteiger partial charge on any atom is -0.471 e. The van der Waals surface area contributed by atoms with Crippen LogP contribution in [0.4, 0.5) is 4.79 Å². The van der Waals surface area contributed by atoms with Gasteiger partial charge in [0.05, 0.1) is 22.5 Å². The van der Waals surface area contributed by atoms with E-state index >= 15 is 0 Å². The lowest BCUT2D eigenvalue weighted by Crippen LogP contribution is -2.58. The summed E-state index contributed by atoms with van der Waals surface area (Å²) >= 11 is 2.45. The Morgan fingerprint density at radius 1 is 0.911 bits per heavy atom. The smallest absolute Gasteiger partial charge is 0.408 e. The minimum atomic E-state index is -4.20. The zero-order chi connectivity index (χ0) is 38.9. The third-order valence-electron chi connectivity index (χ3n) is 10.8. The second-order valence-electron chi connectivity index (χ2n) is 14.7. The molecule has 1 saturated heterocycles. The molecular weight excluding hydrogens is 777 g/mol. The molecule has 8 rings (SSSR count). The van der Waals surface area contributed by atoms with Crippen LogP contribution in [0.25, 0.3) is 21.6 Å². The molecule has 0 bridgehead atoms. The van der Waals surface area contributed by atoms with Gasteiger partial charge >= 0.3 is 6.09 Å². The lowest BCUT2D eigenvalue weighted by Gasteiger charge is -2.31. The number of sulfonamides is 1. The van der Waals surface area contributed by atoms with Crippen LogP contribution < -0.4 is 20.1 Å². The highest BCUT2D eigenvalue weighted by atomic mass is 32.2. The van der Waals surface area contributed by atoms with Gasteiger partial charge in [0.1, 0.15) is 39.7 Å². The summed E-state index contributed by atoms with van der Waals surface area (Å²) in [5, 5.41) is 9.20. The van der Waals surface area contributed by atoms with Crippen LogP contribution in [0.2, 0.25) is 0 Å². The number of para-hydroxylation sites is 2. The van der Waals surface area contributed by atoms with Gasteiger partial charge in [-0.25, -0.2) is 27.9 Å². The molecule has 56 heavy (non-hydrogen) atoms. The zero-order valence-corrected chi connectivity index (χ0v) is 32.9. The van der Waals surface area contributed by atoms with Crippen LogP contribution in [0.3, 0.4) is 0 Å². The molecule has 17 heteroatoms. The van der Waals surface area contributed by atoms with Gasteiger partial charge in [0.15, 0.2) is 0 Å². The quantitative estimate of drug-likeness (QED) is 0.197. The van der Waals surface area contributed by atoms with Gasteiger partial charge in [-0.2, -0.15) is 0 Å². The van der Waals surface area contributed by atoms with Crippen molar-refractivity contribution in [3.8, 4) is 16.5 Å². The number of hydrogen-bond acceptors (Lipinski definition) is 12. The van der Waals surface area contributed by atoms with Crippen molar-refractivity contribution in [2.24, 2.45) is 5.92 Å². The molecule has 294 valence electrons. The Labute approximate surface area is 332 Å². The molecule has 4 aliphatic rings. The largest absolute Gasteiger partial charge is 0.471 e. The number of rotatable bonds is 8. The summed E-state index contributed by atoms with van der Waals surface area (Å²) in [6, 6.07) is 12.1. The Balaban J connectivity index is 1.11. The molecule has 1 unspecified atom stereocenters. The minimum absolute atomic E-state index is 0.0273. The van der Waals surface area contributed by atoms with Crippen molar-refractivity contribution in [2.75, 3.05) is 6.54 Å². The molecule has 1 aromatic carbocycles. The van der Waals surface area contributed by atoms with Crippen molar-refractivity contribution in [2.45, 2.75) is 98.2 Å². The van der Waals surface area contributed by atoms with Crippen LogP contribution in [0.5, 0.6) is 5.88 Å². The molecule has 2 aliphatic carbocycles. The van der Waals surface area contributed by atoms with Gasteiger partial charge in [-0.3, -0.25) is 14.4 Å². The van der Waals surface area contributed by atoms with E-state index in [9.17, 15) is 27.6 Å². The number of carbonyl (C=O) groups is 4. The maximum atomic E-state index is 14.6. The van der Waals surface area contributed by atoms with Gasteiger partial charge in [-0.05, 0) is 80.0 Å². The fourth-order valence-electron chi connectivity index (χ4n) is 7.46. The van der Waals surface area contributed by atoms with Crippen molar-refractivity contribution in [3.05, 3.63) is 71.4 Å². The van der Waals surface area contributed by atoms with Crippen molar-refractivity contribution < 1.29 is 37.1 Å². The molecule has 3 fully saturated rings. The number of nitrogens with zero attached hydrogens (tertiary/aromatic N) is 3. The van der Waals surface area contributed by atoms with Crippen LogP contribution in [0.1, 0.15) is 64.2 Å².